The summed E-state index contributed by atoms with van der Waals surface area (Å²) in [4.78, 5) is 12.3. The topological polar surface area (TPSA) is 38.3 Å². The van der Waals surface area contributed by atoms with Gasteiger partial charge in [0.05, 0.1) is 18.7 Å². The lowest BCUT2D eigenvalue weighted by Gasteiger charge is -2.16. The molecule has 0 bridgehead atoms. The number of benzene rings is 1. The molecule has 1 saturated carbocycles. The second-order valence-corrected chi connectivity index (χ2v) is 5.42. The van der Waals surface area contributed by atoms with E-state index in [1.807, 2.05) is 31.2 Å². The minimum atomic E-state index is 0.123. The summed E-state index contributed by atoms with van der Waals surface area (Å²) in [5.41, 5.74) is 0.690. The van der Waals surface area contributed by atoms with Gasteiger partial charge in [-0.05, 0) is 31.9 Å². The lowest BCUT2D eigenvalue weighted by atomic mass is 10.1. The molecule has 0 amide bonds. The summed E-state index contributed by atoms with van der Waals surface area (Å²) in [5, 5.41) is 3.42. The number of hydrogen-bond acceptors (Lipinski definition) is 3. The Bertz CT molecular complexity index is 423. The van der Waals surface area contributed by atoms with Crippen LogP contribution in [-0.4, -0.2) is 25.0 Å². The summed E-state index contributed by atoms with van der Waals surface area (Å²) in [5.74, 6) is 0.820. The van der Waals surface area contributed by atoms with E-state index in [2.05, 4.69) is 5.32 Å². The van der Waals surface area contributed by atoms with Gasteiger partial charge >= 0.3 is 0 Å². The number of Topliss-reactive ketones (excluding diaryl/α,β-unsaturated/α-hetero) is 1. The monoisotopic (exact) mass is 275 g/mol. The maximum Gasteiger partial charge on any atom is 0.180 e. The van der Waals surface area contributed by atoms with Gasteiger partial charge in [-0.1, -0.05) is 37.8 Å². The van der Waals surface area contributed by atoms with Crippen LogP contribution in [0.4, 0.5) is 0 Å². The largest absolute Gasteiger partial charge is 0.493 e. The molecule has 0 heterocycles. The zero-order valence-corrected chi connectivity index (χ0v) is 12.4. The molecular weight excluding hydrogens is 250 g/mol. The molecule has 1 aromatic carbocycles. The molecule has 0 aromatic heterocycles. The van der Waals surface area contributed by atoms with Gasteiger partial charge in [-0.25, -0.2) is 0 Å². The van der Waals surface area contributed by atoms with Crippen LogP contribution in [-0.2, 0) is 0 Å². The molecule has 2 rings (SSSR count). The number of carbonyl (C=O) groups is 1. The van der Waals surface area contributed by atoms with E-state index in [0.29, 0.717) is 30.5 Å². The molecule has 3 heteroatoms. The van der Waals surface area contributed by atoms with Crippen LogP contribution in [0.1, 0.15) is 55.8 Å². The van der Waals surface area contributed by atoms with E-state index in [-0.39, 0.29) is 5.78 Å². The fourth-order valence-electron chi connectivity index (χ4n) is 2.79. The number of para-hydroxylation sites is 1. The Hall–Kier alpha value is -1.35. The Morgan fingerprint density at radius 1 is 1.20 bits per heavy atom. The maximum absolute atomic E-state index is 12.3. The van der Waals surface area contributed by atoms with Crippen LogP contribution in [0.3, 0.4) is 0 Å². The average molecular weight is 275 g/mol. The number of ketones is 1. The summed E-state index contributed by atoms with van der Waals surface area (Å²) in [7, 11) is 0. The van der Waals surface area contributed by atoms with Crippen molar-refractivity contribution in [1.82, 2.24) is 5.32 Å². The number of rotatable bonds is 6. The highest BCUT2D eigenvalue weighted by Crippen LogP contribution is 2.19. The predicted molar refractivity (Wildman–Crippen MR) is 81.4 cm³/mol. The molecule has 0 atom stereocenters. The van der Waals surface area contributed by atoms with Gasteiger partial charge in [0.2, 0.25) is 0 Å². The van der Waals surface area contributed by atoms with Crippen molar-refractivity contribution in [2.45, 2.75) is 51.5 Å². The minimum Gasteiger partial charge on any atom is -0.493 e. The van der Waals surface area contributed by atoms with Gasteiger partial charge in [-0.15, -0.1) is 0 Å². The second kappa shape index (κ2) is 8.05. The van der Waals surface area contributed by atoms with Crippen molar-refractivity contribution in [2.24, 2.45) is 0 Å². The van der Waals surface area contributed by atoms with Crippen molar-refractivity contribution >= 4 is 5.78 Å². The molecule has 0 aliphatic heterocycles. The van der Waals surface area contributed by atoms with E-state index in [1.54, 1.807) is 0 Å². The Morgan fingerprint density at radius 3 is 2.60 bits per heavy atom. The minimum absolute atomic E-state index is 0.123. The number of hydrogen-bond donors (Lipinski definition) is 1. The Morgan fingerprint density at radius 2 is 1.90 bits per heavy atom. The molecule has 1 fully saturated rings. The Balaban J connectivity index is 1.90. The molecule has 0 spiro atoms. The van der Waals surface area contributed by atoms with Gasteiger partial charge in [0.1, 0.15) is 5.75 Å². The van der Waals surface area contributed by atoms with Crippen molar-refractivity contribution in [3.8, 4) is 5.75 Å². The number of ether oxygens (including phenoxy) is 1. The average Bonchev–Trinajstić information content (AvgIpc) is 2.74. The number of nitrogens with one attached hydrogen (secondary N) is 1. The first kappa shape index (κ1) is 15.0. The van der Waals surface area contributed by atoms with Crippen LogP contribution >= 0.6 is 0 Å². The van der Waals surface area contributed by atoms with Crippen molar-refractivity contribution < 1.29 is 9.53 Å². The quantitative estimate of drug-likeness (QED) is 0.637. The van der Waals surface area contributed by atoms with Crippen LogP contribution < -0.4 is 10.1 Å². The number of carbonyl (C=O) groups excluding carboxylic acids is 1. The highest BCUT2D eigenvalue weighted by molar-refractivity contribution is 6.00. The first-order valence-corrected chi connectivity index (χ1v) is 7.79. The molecule has 1 aromatic rings. The zero-order chi connectivity index (χ0) is 14.2. The lowest BCUT2D eigenvalue weighted by Crippen LogP contribution is -2.33. The molecule has 1 aliphatic carbocycles. The van der Waals surface area contributed by atoms with Crippen LogP contribution in [0.2, 0.25) is 0 Å². The first-order valence-electron chi connectivity index (χ1n) is 7.79. The fourth-order valence-corrected chi connectivity index (χ4v) is 2.79. The summed E-state index contributed by atoms with van der Waals surface area (Å²) < 4.78 is 5.52. The molecule has 3 nitrogen and oxygen atoms in total. The molecule has 0 radical (unpaired) electrons. The Kier molecular flexibility index (Phi) is 6.06. The molecule has 1 aliphatic rings. The highest BCUT2D eigenvalue weighted by Gasteiger charge is 2.15. The van der Waals surface area contributed by atoms with Gasteiger partial charge in [0, 0.05) is 6.04 Å². The molecule has 20 heavy (non-hydrogen) atoms. The van der Waals surface area contributed by atoms with E-state index in [0.717, 1.165) is 0 Å². The molecule has 0 unspecified atom stereocenters. The van der Waals surface area contributed by atoms with Crippen molar-refractivity contribution in [3.05, 3.63) is 29.8 Å². The standard InChI is InChI=1S/C17H25NO2/c1-2-20-17-12-8-7-11-15(17)16(19)13-18-14-9-5-3-4-6-10-14/h7-8,11-12,14,18H,2-6,9-10,13H2,1H3. The third-order valence-electron chi connectivity index (χ3n) is 3.89. The van der Waals surface area contributed by atoms with Crippen LogP contribution in [0, 0.1) is 0 Å². The van der Waals surface area contributed by atoms with E-state index in [4.69, 9.17) is 4.74 Å². The molecule has 110 valence electrons. The highest BCUT2D eigenvalue weighted by atomic mass is 16.5. The van der Waals surface area contributed by atoms with Crippen molar-refractivity contribution in [1.29, 1.82) is 0 Å². The lowest BCUT2D eigenvalue weighted by molar-refractivity contribution is 0.0982. The molecule has 0 saturated heterocycles. The van der Waals surface area contributed by atoms with Gasteiger partial charge < -0.3 is 10.1 Å². The third-order valence-corrected chi connectivity index (χ3v) is 3.89. The summed E-state index contributed by atoms with van der Waals surface area (Å²) in [6, 6.07) is 8.01. The SMILES string of the molecule is CCOc1ccccc1C(=O)CNC1CCCCCC1. The van der Waals surface area contributed by atoms with E-state index in [9.17, 15) is 4.79 Å². The van der Waals surface area contributed by atoms with Crippen LogP contribution in [0.15, 0.2) is 24.3 Å². The molecule has 1 N–H and O–H groups in total. The van der Waals surface area contributed by atoms with Crippen LogP contribution in [0.5, 0.6) is 5.75 Å². The summed E-state index contributed by atoms with van der Waals surface area (Å²) in [6.45, 7) is 2.93. The van der Waals surface area contributed by atoms with Crippen molar-refractivity contribution in [3.63, 3.8) is 0 Å². The van der Waals surface area contributed by atoms with Gasteiger partial charge in [0.25, 0.3) is 0 Å². The van der Waals surface area contributed by atoms with Crippen LogP contribution in [0.25, 0.3) is 0 Å². The van der Waals surface area contributed by atoms with Gasteiger partial charge in [-0.3, -0.25) is 4.79 Å². The first-order chi connectivity index (χ1) is 9.81. The normalized spacial score (nSPS) is 16.6. The van der Waals surface area contributed by atoms with Gasteiger partial charge in [-0.2, -0.15) is 0 Å². The smallest absolute Gasteiger partial charge is 0.180 e. The van der Waals surface area contributed by atoms with Crippen molar-refractivity contribution in [2.75, 3.05) is 13.2 Å². The van der Waals surface area contributed by atoms with E-state index >= 15 is 0 Å². The summed E-state index contributed by atoms with van der Waals surface area (Å²) in [6.07, 6.45) is 7.61. The van der Waals surface area contributed by atoms with E-state index < -0.39 is 0 Å². The maximum atomic E-state index is 12.3. The third kappa shape index (κ3) is 4.34. The predicted octanol–water partition coefficient (Wildman–Crippen LogP) is 3.58. The van der Waals surface area contributed by atoms with E-state index in [1.165, 1.54) is 38.5 Å². The molecular formula is C17H25NO2. The summed E-state index contributed by atoms with van der Waals surface area (Å²) >= 11 is 0. The Labute approximate surface area is 121 Å². The second-order valence-electron chi connectivity index (χ2n) is 5.42. The van der Waals surface area contributed by atoms with Gasteiger partial charge in [0.15, 0.2) is 5.78 Å². The zero-order valence-electron chi connectivity index (χ0n) is 12.4. The fraction of sp³-hybridized carbons (Fsp3) is 0.588.